The Morgan fingerprint density at radius 3 is 2.52 bits per heavy atom. The summed E-state index contributed by atoms with van der Waals surface area (Å²) in [6.45, 7) is 0.828. The lowest BCUT2D eigenvalue weighted by Gasteiger charge is -2.10. The molecule has 0 saturated carbocycles. The molecule has 1 N–H and O–H groups in total. The van der Waals surface area contributed by atoms with Crippen LogP contribution in [0, 0.1) is 18.6 Å². The first-order chi connectivity index (χ1) is 12.8. The molecule has 0 saturated heterocycles. The molecular formula is C18H15F2N3O3S. The Morgan fingerprint density at radius 1 is 1.19 bits per heavy atom. The Morgan fingerprint density at radius 2 is 1.89 bits per heavy atom. The van der Waals surface area contributed by atoms with Crippen molar-refractivity contribution in [3.8, 4) is 5.69 Å². The fraction of sp³-hybridized carbons (Fsp3) is 0.111. The number of sulfonamides is 1. The molecule has 1 heterocycles. The van der Waals surface area contributed by atoms with Crippen molar-refractivity contribution in [3.63, 3.8) is 0 Å². The van der Waals surface area contributed by atoms with Crippen LogP contribution in [0.4, 0.5) is 8.78 Å². The molecule has 9 heteroatoms. The predicted octanol–water partition coefficient (Wildman–Crippen LogP) is 2.62. The van der Waals surface area contributed by atoms with Crippen LogP contribution in [0.15, 0.2) is 59.8 Å². The molecule has 0 aliphatic carbocycles. The number of Topliss-reactive ketones (excluding diaryl/α,β-unsaturated/α-hetero) is 1. The summed E-state index contributed by atoms with van der Waals surface area (Å²) in [6, 6.07) is 10.1. The van der Waals surface area contributed by atoms with Crippen LogP contribution in [0.2, 0.25) is 0 Å². The molecule has 6 nitrogen and oxygen atoms in total. The van der Waals surface area contributed by atoms with E-state index in [0.717, 1.165) is 17.1 Å². The van der Waals surface area contributed by atoms with Gasteiger partial charge in [-0.3, -0.25) is 4.79 Å². The molecule has 140 valence electrons. The van der Waals surface area contributed by atoms with Gasteiger partial charge in [0.25, 0.3) is 0 Å². The van der Waals surface area contributed by atoms with Crippen LogP contribution < -0.4 is 4.72 Å². The van der Waals surface area contributed by atoms with E-state index in [1.54, 1.807) is 18.2 Å². The van der Waals surface area contributed by atoms with Gasteiger partial charge in [-0.1, -0.05) is 18.2 Å². The molecule has 0 aliphatic heterocycles. The highest BCUT2D eigenvalue weighted by atomic mass is 32.2. The van der Waals surface area contributed by atoms with Gasteiger partial charge in [-0.05, 0) is 36.8 Å². The van der Waals surface area contributed by atoms with Crippen molar-refractivity contribution >= 4 is 15.8 Å². The quantitative estimate of drug-likeness (QED) is 0.655. The molecule has 0 amide bonds. The van der Waals surface area contributed by atoms with Crippen molar-refractivity contribution in [1.82, 2.24) is 14.5 Å². The Balaban J connectivity index is 1.85. The molecule has 0 spiro atoms. The summed E-state index contributed by atoms with van der Waals surface area (Å²) in [7, 11) is -3.91. The molecular weight excluding hydrogens is 376 g/mol. The van der Waals surface area contributed by atoms with Crippen LogP contribution in [-0.4, -0.2) is 30.5 Å². The van der Waals surface area contributed by atoms with E-state index in [2.05, 4.69) is 9.82 Å². The first-order valence-corrected chi connectivity index (χ1v) is 9.35. The zero-order chi connectivity index (χ0) is 19.6. The van der Waals surface area contributed by atoms with Gasteiger partial charge in [0.05, 0.1) is 35.1 Å². The van der Waals surface area contributed by atoms with Gasteiger partial charge in [0.1, 0.15) is 5.82 Å². The third-order valence-corrected chi connectivity index (χ3v) is 5.25. The largest absolute Gasteiger partial charge is 0.293 e. The summed E-state index contributed by atoms with van der Waals surface area (Å²) in [4.78, 5) is 12.4. The fourth-order valence-electron chi connectivity index (χ4n) is 2.47. The number of carbonyl (C=O) groups excluding carboxylic acids is 1. The van der Waals surface area contributed by atoms with Crippen LogP contribution in [0.25, 0.3) is 5.69 Å². The van der Waals surface area contributed by atoms with Gasteiger partial charge >= 0.3 is 0 Å². The summed E-state index contributed by atoms with van der Waals surface area (Å²) in [6.07, 6.45) is 2.06. The Bertz CT molecular complexity index is 1100. The monoisotopic (exact) mass is 391 g/mol. The Labute approximate surface area is 154 Å². The number of nitrogens with zero attached hydrogens (tertiary/aromatic N) is 2. The average molecular weight is 391 g/mol. The fourth-order valence-corrected chi connectivity index (χ4v) is 3.47. The highest BCUT2D eigenvalue weighted by Gasteiger charge is 2.20. The SMILES string of the molecule is Cc1cc(-n2cc(F)cn2)cc(C(=O)CNS(=O)(=O)c2ccccc2)c1F. The van der Waals surface area contributed by atoms with Gasteiger partial charge in [0.2, 0.25) is 10.0 Å². The van der Waals surface area contributed by atoms with Gasteiger partial charge in [0, 0.05) is 0 Å². The van der Waals surface area contributed by atoms with E-state index in [9.17, 15) is 22.0 Å². The van der Waals surface area contributed by atoms with Gasteiger partial charge in [-0.25, -0.2) is 26.6 Å². The summed E-state index contributed by atoms with van der Waals surface area (Å²) < 4.78 is 55.3. The number of hydrogen-bond donors (Lipinski definition) is 1. The Kier molecular flexibility index (Phi) is 5.15. The molecule has 0 aliphatic rings. The second kappa shape index (κ2) is 7.37. The minimum atomic E-state index is -3.91. The van der Waals surface area contributed by atoms with Gasteiger partial charge in [0.15, 0.2) is 11.6 Å². The second-order valence-electron chi connectivity index (χ2n) is 5.79. The Hall–Kier alpha value is -2.91. The van der Waals surface area contributed by atoms with Crippen molar-refractivity contribution in [3.05, 3.63) is 77.6 Å². The predicted molar refractivity (Wildman–Crippen MR) is 94.2 cm³/mol. The van der Waals surface area contributed by atoms with Gasteiger partial charge in [-0.15, -0.1) is 0 Å². The smallest absolute Gasteiger partial charge is 0.240 e. The second-order valence-corrected chi connectivity index (χ2v) is 7.56. The molecule has 1 aromatic heterocycles. The van der Waals surface area contributed by atoms with Crippen LogP contribution in [0.5, 0.6) is 0 Å². The number of ketones is 1. The number of benzene rings is 2. The minimum absolute atomic E-state index is 0.00443. The average Bonchev–Trinajstić information content (AvgIpc) is 3.09. The maximum Gasteiger partial charge on any atom is 0.240 e. The lowest BCUT2D eigenvalue weighted by atomic mass is 10.1. The molecule has 27 heavy (non-hydrogen) atoms. The molecule has 2 aromatic carbocycles. The molecule has 3 rings (SSSR count). The van der Waals surface area contributed by atoms with Crippen molar-refractivity contribution < 1.29 is 22.0 Å². The third-order valence-electron chi connectivity index (χ3n) is 3.83. The number of halogens is 2. The topological polar surface area (TPSA) is 81.1 Å². The number of aromatic nitrogens is 2. The number of carbonyl (C=O) groups is 1. The maximum atomic E-state index is 14.4. The first-order valence-electron chi connectivity index (χ1n) is 7.86. The van der Waals surface area contributed by atoms with Crippen LogP contribution in [-0.2, 0) is 10.0 Å². The van der Waals surface area contributed by atoms with E-state index in [0.29, 0.717) is 0 Å². The van der Waals surface area contributed by atoms with Crippen molar-refractivity contribution in [1.29, 1.82) is 0 Å². The van der Waals surface area contributed by atoms with Crippen molar-refractivity contribution in [2.24, 2.45) is 0 Å². The summed E-state index contributed by atoms with van der Waals surface area (Å²) >= 11 is 0. The van der Waals surface area contributed by atoms with E-state index >= 15 is 0 Å². The zero-order valence-corrected chi connectivity index (χ0v) is 15.0. The van der Waals surface area contributed by atoms with Crippen molar-refractivity contribution in [2.45, 2.75) is 11.8 Å². The zero-order valence-electron chi connectivity index (χ0n) is 14.2. The lowest BCUT2D eigenvalue weighted by molar-refractivity contribution is 0.0993. The molecule has 0 radical (unpaired) electrons. The molecule has 0 fully saturated rings. The van der Waals surface area contributed by atoms with Gasteiger partial charge in [-0.2, -0.15) is 5.10 Å². The number of hydrogen-bond acceptors (Lipinski definition) is 4. The summed E-state index contributed by atoms with van der Waals surface area (Å²) in [5.74, 6) is -2.11. The van der Waals surface area contributed by atoms with Crippen LogP contribution in [0.3, 0.4) is 0 Å². The summed E-state index contributed by atoms with van der Waals surface area (Å²) in [5.41, 5.74) is 0.126. The normalized spacial score (nSPS) is 11.5. The van der Waals surface area contributed by atoms with E-state index in [1.165, 1.54) is 31.2 Å². The highest BCUT2D eigenvalue weighted by Crippen LogP contribution is 2.19. The lowest BCUT2D eigenvalue weighted by Crippen LogP contribution is -2.30. The molecule has 0 bridgehead atoms. The van der Waals surface area contributed by atoms with E-state index < -0.39 is 34.0 Å². The number of rotatable bonds is 6. The first kappa shape index (κ1) is 18.9. The maximum absolute atomic E-state index is 14.4. The highest BCUT2D eigenvalue weighted by molar-refractivity contribution is 7.89. The van der Waals surface area contributed by atoms with Crippen molar-refractivity contribution in [2.75, 3.05) is 6.54 Å². The third kappa shape index (κ3) is 4.09. The van der Waals surface area contributed by atoms with E-state index in [-0.39, 0.29) is 21.7 Å². The van der Waals surface area contributed by atoms with Gasteiger partial charge < -0.3 is 0 Å². The summed E-state index contributed by atoms with van der Waals surface area (Å²) in [5, 5.41) is 3.78. The van der Waals surface area contributed by atoms with Crippen LogP contribution >= 0.6 is 0 Å². The van der Waals surface area contributed by atoms with Crippen LogP contribution in [0.1, 0.15) is 15.9 Å². The standard InChI is InChI=1S/C18H15F2N3O3S/c1-12-7-14(23-11-13(19)9-21-23)8-16(18(12)20)17(24)10-22-27(25,26)15-5-3-2-4-6-15/h2-9,11,22H,10H2,1H3. The number of aryl methyl sites for hydroxylation is 1. The molecule has 0 unspecified atom stereocenters. The molecule has 3 aromatic rings. The molecule has 0 atom stereocenters. The number of nitrogens with one attached hydrogen (secondary N) is 1. The van der Waals surface area contributed by atoms with E-state index in [4.69, 9.17) is 0 Å². The van der Waals surface area contributed by atoms with E-state index in [1.807, 2.05) is 0 Å². The minimum Gasteiger partial charge on any atom is -0.293 e.